The monoisotopic (exact) mass is 238 g/mol. The van der Waals surface area contributed by atoms with Crippen molar-refractivity contribution in [3.8, 4) is 0 Å². The van der Waals surface area contributed by atoms with Gasteiger partial charge in [-0.15, -0.1) is 0 Å². The van der Waals surface area contributed by atoms with Crippen LogP contribution in [0.25, 0.3) is 0 Å². The van der Waals surface area contributed by atoms with Gasteiger partial charge >= 0.3 is 5.97 Å². The minimum atomic E-state index is 0.0152. The van der Waals surface area contributed by atoms with Crippen molar-refractivity contribution in [1.29, 1.82) is 0 Å². The van der Waals surface area contributed by atoms with Crippen LogP contribution in [0.15, 0.2) is 0 Å². The number of rotatable bonds is 4. The SMILES string of the molecule is CCCCC(=O)O[C@H]1C[C@@H]2CC[C@]1(C)C2(C)C. The molecule has 2 bridgehead atoms. The highest BCUT2D eigenvalue weighted by molar-refractivity contribution is 5.69. The van der Waals surface area contributed by atoms with Crippen LogP contribution in [0.3, 0.4) is 0 Å². The summed E-state index contributed by atoms with van der Waals surface area (Å²) in [5, 5.41) is 0. The lowest BCUT2D eigenvalue weighted by molar-refractivity contribution is -0.157. The summed E-state index contributed by atoms with van der Waals surface area (Å²) in [7, 11) is 0. The Bertz CT molecular complexity index is 308. The van der Waals surface area contributed by atoms with Crippen molar-refractivity contribution in [3.63, 3.8) is 0 Å². The average Bonchev–Trinajstić information content (AvgIpc) is 2.59. The second kappa shape index (κ2) is 4.29. The molecule has 0 unspecified atom stereocenters. The first-order chi connectivity index (χ1) is 7.91. The van der Waals surface area contributed by atoms with Gasteiger partial charge in [-0.1, -0.05) is 34.1 Å². The second-order valence-electron chi connectivity index (χ2n) is 6.69. The highest BCUT2D eigenvalue weighted by Gasteiger charge is 2.62. The molecule has 0 heterocycles. The molecule has 0 saturated heterocycles. The lowest BCUT2D eigenvalue weighted by atomic mass is 9.70. The maximum atomic E-state index is 11.8. The molecule has 0 aliphatic heterocycles. The van der Waals surface area contributed by atoms with Gasteiger partial charge in [-0.25, -0.2) is 0 Å². The van der Waals surface area contributed by atoms with E-state index in [1.807, 2.05) is 0 Å². The van der Waals surface area contributed by atoms with Crippen LogP contribution in [0.1, 0.15) is 66.2 Å². The molecule has 0 aromatic carbocycles. The smallest absolute Gasteiger partial charge is 0.306 e. The number of carbonyl (C=O) groups is 1. The zero-order chi connectivity index (χ0) is 12.7. The Morgan fingerprint density at radius 2 is 2.06 bits per heavy atom. The van der Waals surface area contributed by atoms with E-state index >= 15 is 0 Å². The molecule has 0 N–H and O–H groups in total. The van der Waals surface area contributed by atoms with Crippen LogP contribution in [0.2, 0.25) is 0 Å². The Morgan fingerprint density at radius 3 is 2.53 bits per heavy atom. The predicted molar refractivity (Wildman–Crippen MR) is 68.6 cm³/mol. The number of fused-ring (bicyclic) bond motifs is 2. The summed E-state index contributed by atoms with van der Waals surface area (Å²) < 4.78 is 5.75. The Kier molecular flexibility index (Phi) is 3.26. The Balaban J connectivity index is 1.98. The molecule has 3 atom stereocenters. The molecule has 98 valence electrons. The molecule has 2 heteroatoms. The molecule has 2 aliphatic carbocycles. The fraction of sp³-hybridized carbons (Fsp3) is 0.933. The van der Waals surface area contributed by atoms with Crippen molar-refractivity contribution < 1.29 is 9.53 Å². The summed E-state index contributed by atoms with van der Waals surface area (Å²) in [6.07, 6.45) is 6.39. The molecular weight excluding hydrogens is 212 g/mol. The first kappa shape index (κ1) is 12.9. The molecule has 2 nitrogen and oxygen atoms in total. The van der Waals surface area contributed by atoms with E-state index in [2.05, 4.69) is 27.7 Å². The van der Waals surface area contributed by atoms with Crippen molar-refractivity contribution in [2.24, 2.45) is 16.7 Å². The van der Waals surface area contributed by atoms with Crippen LogP contribution in [0, 0.1) is 16.7 Å². The molecule has 0 aromatic rings. The van der Waals surface area contributed by atoms with E-state index in [0.717, 1.165) is 25.2 Å². The Labute approximate surface area is 105 Å². The third-order valence-corrected chi connectivity index (χ3v) is 5.72. The second-order valence-corrected chi connectivity index (χ2v) is 6.69. The summed E-state index contributed by atoms with van der Waals surface area (Å²) in [6.45, 7) is 9.13. The van der Waals surface area contributed by atoms with Crippen molar-refractivity contribution in [2.75, 3.05) is 0 Å². The third kappa shape index (κ3) is 1.90. The van der Waals surface area contributed by atoms with E-state index in [-0.39, 0.29) is 17.5 Å². The minimum absolute atomic E-state index is 0.0152. The summed E-state index contributed by atoms with van der Waals surface area (Å²) in [6, 6.07) is 0. The van der Waals surface area contributed by atoms with E-state index < -0.39 is 0 Å². The highest BCUT2D eigenvalue weighted by Crippen LogP contribution is 2.66. The number of ether oxygens (including phenoxy) is 1. The first-order valence-electron chi connectivity index (χ1n) is 7.11. The van der Waals surface area contributed by atoms with Gasteiger partial charge in [0.25, 0.3) is 0 Å². The fourth-order valence-corrected chi connectivity index (χ4v) is 3.85. The van der Waals surface area contributed by atoms with Crippen molar-refractivity contribution in [3.05, 3.63) is 0 Å². The molecule has 2 aliphatic rings. The van der Waals surface area contributed by atoms with E-state index in [9.17, 15) is 4.79 Å². The topological polar surface area (TPSA) is 26.3 Å². The normalized spacial score (nSPS) is 38.4. The summed E-state index contributed by atoms with van der Waals surface area (Å²) in [5.41, 5.74) is 0.544. The van der Waals surface area contributed by atoms with Gasteiger partial charge in [0.05, 0.1) is 0 Å². The molecule has 0 amide bonds. The average molecular weight is 238 g/mol. The van der Waals surface area contributed by atoms with Gasteiger partial charge in [-0.05, 0) is 37.0 Å². The summed E-state index contributed by atoms with van der Waals surface area (Å²) in [5.74, 6) is 0.762. The van der Waals surface area contributed by atoms with E-state index in [4.69, 9.17) is 4.74 Å². The minimum Gasteiger partial charge on any atom is -0.462 e. The van der Waals surface area contributed by atoms with Crippen LogP contribution < -0.4 is 0 Å². The van der Waals surface area contributed by atoms with Gasteiger partial charge in [0.15, 0.2) is 0 Å². The zero-order valence-electron chi connectivity index (χ0n) is 11.7. The number of hydrogen-bond acceptors (Lipinski definition) is 2. The molecule has 2 fully saturated rings. The molecule has 0 aromatic heterocycles. The maximum absolute atomic E-state index is 11.8. The summed E-state index contributed by atoms with van der Waals surface area (Å²) in [4.78, 5) is 11.8. The van der Waals surface area contributed by atoms with Gasteiger partial charge in [0.2, 0.25) is 0 Å². The van der Waals surface area contributed by atoms with Crippen LogP contribution in [-0.2, 0) is 9.53 Å². The number of hydrogen-bond donors (Lipinski definition) is 0. The van der Waals surface area contributed by atoms with Gasteiger partial charge in [0.1, 0.15) is 6.10 Å². The number of carbonyl (C=O) groups excluding carboxylic acids is 1. The quantitative estimate of drug-likeness (QED) is 0.694. The van der Waals surface area contributed by atoms with Crippen molar-refractivity contribution >= 4 is 5.97 Å². The van der Waals surface area contributed by atoms with E-state index in [1.165, 1.54) is 12.8 Å². The Hall–Kier alpha value is -0.530. The van der Waals surface area contributed by atoms with Gasteiger partial charge in [-0.3, -0.25) is 4.79 Å². The van der Waals surface area contributed by atoms with Crippen LogP contribution in [0.5, 0.6) is 0 Å². The van der Waals surface area contributed by atoms with Gasteiger partial charge in [-0.2, -0.15) is 0 Å². The van der Waals surface area contributed by atoms with Crippen molar-refractivity contribution in [1.82, 2.24) is 0 Å². The molecule has 0 spiro atoms. The van der Waals surface area contributed by atoms with E-state index in [0.29, 0.717) is 11.8 Å². The molecule has 17 heavy (non-hydrogen) atoms. The lowest BCUT2D eigenvalue weighted by Crippen LogP contribution is -2.38. The predicted octanol–water partition coefficient (Wildman–Crippen LogP) is 3.93. The number of unbranched alkanes of at least 4 members (excludes halogenated alkanes) is 1. The van der Waals surface area contributed by atoms with Crippen LogP contribution in [-0.4, -0.2) is 12.1 Å². The van der Waals surface area contributed by atoms with E-state index in [1.54, 1.807) is 0 Å². The van der Waals surface area contributed by atoms with Gasteiger partial charge < -0.3 is 4.74 Å². The Morgan fingerprint density at radius 1 is 1.35 bits per heavy atom. The van der Waals surface area contributed by atoms with Crippen LogP contribution in [0.4, 0.5) is 0 Å². The maximum Gasteiger partial charge on any atom is 0.306 e. The first-order valence-corrected chi connectivity index (χ1v) is 7.11. The molecule has 2 saturated carbocycles. The van der Waals surface area contributed by atoms with Crippen molar-refractivity contribution in [2.45, 2.75) is 72.3 Å². The molecular formula is C15H26O2. The van der Waals surface area contributed by atoms with Gasteiger partial charge in [0, 0.05) is 11.8 Å². The van der Waals surface area contributed by atoms with Crippen LogP contribution >= 0.6 is 0 Å². The lowest BCUT2D eigenvalue weighted by Gasteiger charge is -2.38. The molecule has 0 radical (unpaired) electrons. The largest absolute Gasteiger partial charge is 0.462 e. The number of esters is 1. The third-order valence-electron chi connectivity index (χ3n) is 5.72. The fourth-order valence-electron chi connectivity index (χ4n) is 3.85. The zero-order valence-corrected chi connectivity index (χ0v) is 11.7. The summed E-state index contributed by atoms with van der Waals surface area (Å²) >= 11 is 0. The standard InChI is InChI=1S/C15H26O2/c1-5-6-7-13(16)17-12-10-11-8-9-15(12,4)14(11,2)3/h11-12H,5-10H2,1-4H3/t11-,12-,15-/m0/s1. The highest BCUT2D eigenvalue weighted by atomic mass is 16.5. The molecule has 2 rings (SSSR count).